The average Bonchev–Trinajstić information content (AvgIpc) is 0. The molecule has 0 N–H and O–H groups in total. The van der Waals surface area contributed by atoms with E-state index in [1.807, 2.05) is 0 Å². The van der Waals surface area contributed by atoms with E-state index in [4.69, 9.17) is 0 Å². The summed E-state index contributed by atoms with van der Waals surface area (Å²) in [5.74, 6) is 0. The molecule has 0 nitrogen and oxygen atoms in total. The maximum absolute atomic E-state index is 0. The molecule has 0 amide bonds. The van der Waals surface area contributed by atoms with Gasteiger partial charge in [0.25, 0.3) is 0 Å². The van der Waals surface area contributed by atoms with Gasteiger partial charge in [-0.25, -0.2) is 0 Å². The van der Waals surface area contributed by atoms with Crippen molar-refractivity contribution in [3.05, 3.63) is 0 Å². The van der Waals surface area contributed by atoms with Crippen LogP contribution in [-0.2, 0) is 57.3 Å². The Morgan fingerprint density at radius 3 is 1.20 bits per heavy atom. The molecule has 0 bridgehead atoms. The van der Waals surface area contributed by atoms with Crippen molar-refractivity contribution in [3.8, 4) is 0 Å². The monoisotopic (exact) mass is 223 g/mol. The molecule has 0 aromatic heterocycles. The quantitative estimate of drug-likeness (QED) is 0.494. The van der Waals surface area contributed by atoms with E-state index in [0.29, 0.717) is 0 Å². The van der Waals surface area contributed by atoms with E-state index in [9.17, 15) is 0 Å². The van der Waals surface area contributed by atoms with Crippen molar-refractivity contribution in [1.82, 2.24) is 0 Å². The van der Waals surface area contributed by atoms with Crippen molar-refractivity contribution in [2.75, 3.05) is 0 Å². The minimum Gasteiger partial charge on any atom is -1.00 e. The Morgan fingerprint density at radius 1 is 1.20 bits per heavy atom. The van der Waals surface area contributed by atoms with Crippen LogP contribution in [0.15, 0.2) is 0 Å². The molecule has 0 aromatic rings. The van der Waals surface area contributed by atoms with Gasteiger partial charge in [-0.05, 0) is 0 Å². The van der Waals surface area contributed by atoms with Crippen LogP contribution in [0.3, 0.4) is 0 Å². The fourth-order valence-corrected chi connectivity index (χ4v) is 0. The van der Waals surface area contributed by atoms with Gasteiger partial charge >= 0.3 is 60.8 Å². The van der Waals surface area contributed by atoms with E-state index in [-0.39, 0.29) is 124 Å². The van der Waals surface area contributed by atoms with Crippen LogP contribution in [0.1, 0.15) is 5.71 Å². The molecule has 1 radical (unpaired) electrons. The summed E-state index contributed by atoms with van der Waals surface area (Å²) in [7, 11) is 0. The molecule has 5 heavy (non-hydrogen) atoms. The Bertz CT molecular complexity index is 20.5. The summed E-state index contributed by atoms with van der Waals surface area (Å²) in [6, 6.07) is 0. The fourth-order valence-electron chi connectivity index (χ4n) is 0. The van der Waals surface area contributed by atoms with Gasteiger partial charge in [0.2, 0.25) is 0 Å². The van der Waals surface area contributed by atoms with Crippen LogP contribution in [0, 0.1) is 0 Å². The van der Waals surface area contributed by atoms with Crippen molar-refractivity contribution >= 4 is 60.8 Å². The van der Waals surface area contributed by atoms with Gasteiger partial charge in [0.15, 0.2) is 0 Å². The molecular weight excluding hydrogens is 219 g/mol. The summed E-state index contributed by atoms with van der Waals surface area (Å²) in [4.78, 5) is 0. The molecule has 0 saturated carbocycles. The molecule has 5 heteroatoms. The topological polar surface area (TPSA) is 0 Å². The standard InChI is InChI=1S/Ca.Fe.Mg.Ti.V.4H/q+2;;+2;;;4*-1. The third-order valence-corrected chi connectivity index (χ3v) is 0. The van der Waals surface area contributed by atoms with Gasteiger partial charge in [-0.15, -0.1) is 0 Å². The van der Waals surface area contributed by atoms with Crippen LogP contribution in [-0.4, -0.2) is 60.8 Å². The molecule has 0 aliphatic carbocycles. The Labute approximate surface area is 121 Å². The van der Waals surface area contributed by atoms with Crippen molar-refractivity contribution < 1.29 is 63.0 Å². The predicted molar refractivity (Wildman–Crippen MR) is 16.0 cm³/mol. The summed E-state index contributed by atoms with van der Waals surface area (Å²) in [5.41, 5.74) is 0. The zero-order valence-electron chi connectivity index (χ0n) is 6.71. The first-order chi connectivity index (χ1) is 0. The zero-order chi connectivity index (χ0) is 0. The molecule has 25 valence electrons. The fraction of sp³-hybridized carbons (Fsp3) is 0. The van der Waals surface area contributed by atoms with Gasteiger partial charge in [-0.2, -0.15) is 0 Å². The van der Waals surface area contributed by atoms with Crippen molar-refractivity contribution in [1.29, 1.82) is 0 Å². The molecule has 0 unspecified atom stereocenters. The van der Waals surface area contributed by atoms with E-state index in [2.05, 4.69) is 0 Å². The summed E-state index contributed by atoms with van der Waals surface area (Å²) < 4.78 is 0. The molecule has 0 spiro atoms. The Balaban J connectivity index is 0. The van der Waals surface area contributed by atoms with Gasteiger partial charge in [0.1, 0.15) is 0 Å². The average molecular weight is 223 g/mol. The summed E-state index contributed by atoms with van der Waals surface area (Å²) in [5, 5.41) is 0. The third-order valence-electron chi connectivity index (χ3n) is 0. The third kappa shape index (κ3) is 18.1. The summed E-state index contributed by atoms with van der Waals surface area (Å²) in [6.07, 6.45) is 0. The van der Waals surface area contributed by atoms with Crippen LogP contribution in [0.4, 0.5) is 0 Å². The van der Waals surface area contributed by atoms with Crippen LogP contribution in [0.25, 0.3) is 0 Å². The van der Waals surface area contributed by atoms with Crippen LogP contribution in [0.2, 0.25) is 0 Å². The second kappa shape index (κ2) is 24.9. The van der Waals surface area contributed by atoms with Crippen LogP contribution < -0.4 is 0 Å². The molecule has 0 saturated heterocycles. The van der Waals surface area contributed by atoms with Crippen LogP contribution in [0.5, 0.6) is 0 Å². The number of hydrogen-bond acceptors (Lipinski definition) is 0. The van der Waals surface area contributed by atoms with E-state index in [1.165, 1.54) is 0 Å². The largest absolute Gasteiger partial charge is 2.00 e. The first kappa shape index (κ1) is 36.8. The molecule has 0 atom stereocenters. The number of hydrogen-bond donors (Lipinski definition) is 0. The van der Waals surface area contributed by atoms with Gasteiger partial charge in [0.05, 0.1) is 0 Å². The van der Waals surface area contributed by atoms with E-state index in [1.54, 1.807) is 0 Å². The Morgan fingerprint density at radius 2 is 1.20 bits per heavy atom. The molecule has 0 aromatic carbocycles. The molecule has 0 rings (SSSR count). The molecule has 0 fully saturated rings. The van der Waals surface area contributed by atoms with Gasteiger partial charge in [0, 0.05) is 57.3 Å². The Hall–Kier alpha value is 3.84. The molecule has 0 heterocycles. The van der Waals surface area contributed by atoms with Gasteiger partial charge in [-0.1, -0.05) is 0 Å². The Kier molecular flexibility index (Phi) is 183. The van der Waals surface area contributed by atoms with E-state index >= 15 is 0 Å². The molecular formula is H4CaFeMgTiV. The minimum atomic E-state index is 0. The van der Waals surface area contributed by atoms with E-state index in [0.717, 1.165) is 0 Å². The molecule has 0 aliphatic rings. The first-order valence-electron chi connectivity index (χ1n) is 0. The second-order valence-electron chi connectivity index (χ2n) is 0. The SMILES string of the molecule is [Ca+2].[Fe].[H-].[H-].[H-].[H-].[Mg+2].[Ti].[V]. The van der Waals surface area contributed by atoms with Gasteiger partial charge < -0.3 is 5.71 Å². The van der Waals surface area contributed by atoms with Crippen molar-refractivity contribution in [2.24, 2.45) is 0 Å². The first-order valence-corrected chi connectivity index (χ1v) is 0. The van der Waals surface area contributed by atoms with Crippen molar-refractivity contribution in [3.63, 3.8) is 0 Å². The van der Waals surface area contributed by atoms with Crippen molar-refractivity contribution in [2.45, 2.75) is 0 Å². The maximum atomic E-state index is 0. The van der Waals surface area contributed by atoms with E-state index < -0.39 is 0 Å². The van der Waals surface area contributed by atoms with Gasteiger partial charge in [-0.3, -0.25) is 0 Å². The summed E-state index contributed by atoms with van der Waals surface area (Å²) >= 11 is 0. The predicted octanol–water partition coefficient (Wildman–Crippen LogP) is -0.319. The maximum Gasteiger partial charge on any atom is 2.00 e. The normalized spacial score (nSPS) is 0. The zero-order valence-corrected chi connectivity index (χ0v) is 10.4. The van der Waals surface area contributed by atoms with Crippen LogP contribution >= 0.6 is 0 Å². The number of rotatable bonds is 0. The summed E-state index contributed by atoms with van der Waals surface area (Å²) in [6.45, 7) is 0. The second-order valence-corrected chi connectivity index (χ2v) is 0. The molecule has 0 aliphatic heterocycles. The smallest absolute Gasteiger partial charge is 1.00 e. The minimum absolute atomic E-state index is 0.